The molecule has 0 bridgehead atoms. The Morgan fingerprint density at radius 3 is 2.60 bits per heavy atom. The highest BCUT2D eigenvalue weighted by atomic mass is 35.5. The molecule has 11 heteroatoms. The van der Waals surface area contributed by atoms with Crippen molar-refractivity contribution in [1.82, 2.24) is 24.9 Å². The van der Waals surface area contributed by atoms with E-state index in [1.807, 2.05) is 24.4 Å². The number of halogens is 1. The molecule has 3 N–H and O–H groups in total. The lowest BCUT2D eigenvalue weighted by Gasteiger charge is -2.42. The molecule has 1 unspecified atom stereocenters. The average Bonchev–Trinajstić information content (AvgIpc) is 2.98. The van der Waals surface area contributed by atoms with Crippen LogP contribution >= 0.6 is 11.6 Å². The Morgan fingerprint density at radius 1 is 1.19 bits per heavy atom. The van der Waals surface area contributed by atoms with Crippen molar-refractivity contribution >= 4 is 44.0 Å². The molecule has 1 fully saturated rings. The molecular weight excluding hydrogens is 572 g/mol. The molecular formula is C31H39ClN6O3S. The van der Waals surface area contributed by atoms with E-state index in [0.717, 1.165) is 54.1 Å². The van der Waals surface area contributed by atoms with Crippen molar-refractivity contribution in [3.8, 4) is 0 Å². The van der Waals surface area contributed by atoms with Gasteiger partial charge < -0.3 is 20.3 Å². The maximum absolute atomic E-state index is 13.5. The van der Waals surface area contributed by atoms with Crippen LogP contribution < -0.4 is 15.4 Å². The normalized spacial score (nSPS) is 24.5. The minimum absolute atomic E-state index is 0.0377. The van der Waals surface area contributed by atoms with Gasteiger partial charge in [0.05, 0.1) is 10.5 Å². The first-order valence-corrected chi connectivity index (χ1v) is 16.1. The predicted molar refractivity (Wildman–Crippen MR) is 169 cm³/mol. The standard InChI is InChI=1S/C31H39ClN6O3S/c1-6-21-18-22(19-23-20-33-29(36-28(21)23)35-24-13-15-30(2,16-14-24)38(3)4)25-10-9-17-34-31(25,41-5)37-42(39,40)27-12-8-7-11-26(27)32/h7-12,17-20,24,34,37H,6,13-16H2,1-5H3,(H,33,35,36). The molecule has 1 saturated carbocycles. The molecule has 3 aromatic rings. The topological polar surface area (TPSA) is 108 Å². The van der Waals surface area contributed by atoms with Crippen LogP contribution in [0.3, 0.4) is 0 Å². The van der Waals surface area contributed by atoms with E-state index in [0.29, 0.717) is 17.6 Å². The molecule has 42 heavy (non-hydrogen) atoms. The van der Waals surface area contributed by atoms with E-state index in [4.69, 9.17) is 21.3 Å². The van der Waals surface area contributed by atoms with Gasteiger partial charge in [0, 0.05) is 42.0 Å². The van der Waals surface area contributed by atoms with Crippen LogP contribution in [0.4, 0.5) is 5.95 Å². The number of hydrogen-bond acceptors (Lipinski definition) is 8. The quantitative estimate of drug-likeness (QED) is 0.280. The van der Waals surface area contributed by atoms with Crippen LogP contribution in [0.25, 0.3) is 16.5 Å². The fourth-order valence-corrected chi connectivity index (χ4v) is 7.50. The molecule has 1 aliphatic heterocycles. The number of fused-ring (bicyclic) bond motifs is 1. The Balaban J connectivity index is 1.45. The summed E-state index contributed by atoms with van der Waals surface area (Å²) in [7, 11) is 1.68. The van der Waals surface area contributed by atoms with Crippen LogP contribution in [0.1, 0.15) is 50.7 Å². The first-order valence-electron chi connectivity index (χ1n) is 14.2. The van der Waals surface area contributed by atoms with Gasteiger partial charge in [0.1, 0.15) is 4.90 Å². The van der Waals surface area contributed by atoms with Crippen LogP contribution in [0.2, 0.25) is 5.02 Å². The molecule has 0 amide bonds. The number of aryl methyl sites for hydroxylation is 1. The van der Waals surface area contributed by atoms with Gasteiger partial charge >= 0.3 is 0 Å². The number of methoxy groups -OCH3 is 1. The Bertz CT molecular complexity index is 1630. The highest BCUT2D eigenvalue weighted by Gasteiger charge is 2.41. The van der Waals surface area contributed by atoms with Crippen molar-refractivity contribution in [2.75, 3.05) is 26.5 Å². The van der Waals surface area contributed by atoms with Gasteiger partial charge in [-0.25, -0.2) is 18.4 Å². The SMILES string of the molecule is CCc1cc(C2=CC=CNC2(NS(=O)(=O)c2ccccc2Cl)OC)cc2cnc(NC3CCC(C)(N(C)C)CC3)nc12. The second kappa shape index (κ2) is 11.9. The van der Waals surface area contributed by atoms with Crippen molar-refractivity contribution in [2.24, 2.45) is 0 Å². The van der Waals surface area contributed by atoms with Crippen LogP contribution in [0, 0.1) is 0 Å². The first kappa shape index (κ1) is 30.4. The molecule has 9 nitrogen and oxygen atoms in total. The van der Waals surface area contributed by atoms with Gasteiger partial charge in [0.2, 0.25) is 21.8 Å². The second-order valence-corrected chi connectivity index (χ2v) is 13.5. The molecule has 224 valence electrons. The summed E-state index contributed by atoms with van der Waals surface area (Å²) in [6.45, 7) is 4.40. The number of allylic oxidation sites excluding steroid dienone is 2. The summed E-state index contributed by atoms with van der Waals surface area (Å²) < 4.78 is 35.5. The Hall–Kier alpha value is -3.02. The lowest BCUT2D eigenvalue weighted by Crippen LogP contribution is -2.59. The third-order valence-electron chi connectivity index (χ3n) is 8.66. The molecule has 1 aromatic heterocycles. The zero-order valence-electron chi connectivity index (χ0n) is 24.7. The Morgan fingerprint density at radius 2 is 1.93 bits per heavy atom. The van der Waals surface area contributed by atoms with Crippen molar-refractivity contribution in [2.45, 2.75) is 68.3 Å². The number of ether oxygens (including phenoxy) is 1. The van der Waals surface area contributed by atoms with Gasteiger partial charge in [-0.05, 0) is 94.6 Å². The molecule has 0 spiro atoms. The maximum atomic E-state index is 13.5. The van der Waals surface area contributed by atoms with E-state index >= 15 is 0 Å². The van der Waals surface area contributed by atoms with E-state index in [2.05, 4.69) is 53.2 Å². The number of nitrogens with zero attached hydrogens (tertiary/aromatic N) is 3. The van der Waals surface area contributed by atoms with Crippen LogP contribution in [-0.4, -0.2) is 61.9 Å². The number of hydrogen-bond donors (Lipinski definition) is 3. The number of benzene rings is 2. The van der Waals surface area contributed by atoms with Gasteiger partial charge in [0.25, 0.3) is 0 Å². The number of nitrogens with one attached hydrogen (secondary N) is 3. The van der Waals surface area contributed by atoms with Gasteiger partial charge in [-0.15, -0.1) is 0 Å². The fraction of sp³-hybridized carbons (Fsp3) is 0.419. The van der Waals surface area contributed by atoms with Gasteiger partial charge in [-0.3, -0.25) is 0 Å². The average molecular weight is 611 g/mol. The number of rotatable bonds is 9. The van der Waals surface area contributed by atoms with Crippen molar-refractivity contribution in [3.63, 3.8) is 0 Å². The van der Waals surface area contributed by atoms with Crippen molar-refractivity contribution < 1.29 is 13.2 Å². The predicted octanol–water partition coefficient (Wildman–Crippen LogP) is 5.30. The minimum atomic E-state index is -4.07. The molecule has 0 radical (unpaired) electrons. The van der Waals surface area contributed by atoms with Crippen molar-refractivity contribution in [3.05, 3.63) is 77.1 Å². The summed E-state index contributed by atoms with van der Waals surface area (Å²) in [6.07, 6.45) is 12.2. The number of dihydropyridines is 1. The maximum Gasteiger partial charge on any atom is 0.246 e. The van der Waals surface area contributed by atoms with Crippen LogP contribution in [-0.2, 0) is 21.2 Å². The summed E-state index contributed by atoms with van der Waals surface area (Å²) in [5.74, 6) is -0.945. The summed E-state index contributed by atoms with van der Waals surface area (Å²) >= 11 is 6.24. The van der Waals surface area contributed by atoms with E-state index in [-0.39, 0.29) is 15.5 Å². The lowest BCUT2D eigenvalue weighted by atomic mass is 9.80. The molecule has 2 aliphatic rings. The number of sulfonamides is 1. The lowest BCUT2D eigenvalue weighted by molar-refractivity contribution is 0.0130. The van der Waals surface area contributed by atoms with E-state index in [1.54, 1.807) is 24.4 Å². The third-order valence-corrected chi connectivity index (χ3v) is 10.6. The van der Waals surface area contributed by atoms with Crippen LogP contribution in [0.15, 0.2) is 65.8 Å². The number of anilines is 1. The van der Waals surface area contributed by atoms with Crippen molar-refractivity contribution in [1.29, 1.82) is 0 Å². The minimum Gasteiger partial charge on any atom is -0.351 e. The monoisotopic (exact) mass is 610 g/mol. The van der Waals surface area contributed by atoms with Gasteiger partial charge in [-0.2, -0.15) is 4.72 Å². The molecule has 2 heterocycles. The van der Waals surface area contributed by atoms with Crippen LogP contribution in [0.5, 0.6) is 0 Å². The summed E-state index contributed by atoms with van der Waals surface area (Å²) in [5.41, 5.74) is 3.48. The summed E-state index contributed by atoms with van der Waals surface area (Å²) in [5, 5.41) is 7.62. The fourth-order valence-electron chi connectivity index (χ4n) is 5.73. The van der Waals surface area contributed by atoms with E-state index in [1.165, 1.54) is 19.2 Å². The zero-order valence-corrected chi connectivity index (χ0v) is 26.3. The van der Waals surface area contributed by atoms with E-state index in [9.17, 15) is 8.42 Å². The third kappa shape index (κ3) is 5.91. The molecule has 0 saturated heterocycles. The van der Waals surface area contributed by atoms with Gasteiger partial charge in [-0.1, -0.05) is 36.7 Å². The van der Waals surface area contributed by atoms with E-state index < -0.39 is 15.9 Å². The second-order valence-electron chi connectivity index (χ2n) is 11.4. The van der Waals surface area contributed by atoms with Gasteiger partial charge in [0.15, 0.2) is 0 Å². The summed E-state index contributed by atoms with van der Waals surface area (Å²) in [4.78, 5) is 11.9. The first-order chi connectivity index (χ1) is 20.0. The Labute approximate surface area is 253 Å². The molecule has 1 atom stereocenters. The highest BCUT2D eigenvalue weighted by Crippen LogP contribution is 2.35. The smallest absolute Gasteiger partial charge is 0.246 e. The number of aromatic nitrogens is 2. The Kier molecular flexibility index (Phi) is 8.65. The zero-order chi connectivity index (χ0) is 30.1. The molecule has 1 aliphatic carbocycles. The largest absolute Gasteiger partial charge is 0.351 e. The highest BCUT2D eigenvalue weighted by molar-refractivity contribution is 7.89. The molecule has 5 rings (SSSR count). The molecule has 2 aromatic carbocycles. The summed E-state index contributed by atoms with van der Waals surface area (Å²) in [6, 6.07) is 10.6.